The van der Waals surface area contributed by atoms with Crippen LogP contribution in [0.4, 0.5) is 0 Å². The van der Waals surface area contributed by atoms with Crippen molar-refractivity contribution in [2.24, 2.45) is 22.1 Å². The molecule has 8 nitrogen and oxygen atoms in total. The van der Waals surface area contributed by atoms with Gasteiger partial charge in [0.05, 0.1) is 11.4 Å². The average Bonchev–Trinajstić information content (AvgIpc) is 3.66. The van der Waals surface area contributed by atoms with Crippen LogP contribution in [0.15, 0.2) is 71.0 Å². The van der Waals surface area contributed by atoms with E-state index >= 15 is 0 Å². The van der Waals surface area contributed by atoms with Crippen LogP contribution < -0.4 is 0 Å². The van der Waals surface area contributed by atoms with Gasteiger partial charge in [0, 0.05) is 75.9 Å². The number of oxime groups is 2. The summed E-state index contributed by atoms with van der Waals surface area (Å²) >= 11 is 0. The summed E-state index contributed by atoms with van der Waals surface area (Å²) in [7, 11) is 0. The Morgan fingerprint density at radius 3 is 1.35 bits per heavy atom. The Hall–Kier alpha value is -4.98. The highest BCUT2D eigenvalue weighted by atomic mass is 16.7. The number of aromatic nitrogens is 2. The molecule has 0 aliphatic rings. The van der Waals surface area contributed by atoms with Gasteiger partial charge < -0.3 is 18.8 Å². The van der Waals surface area contributed by atoms with Gasteiger partial charge in [0.1, 0.15) is 0 Å². The number of carbonyl (C=O) groups is 2. The summed E-state index contributed by atoms with van der Waals surface area (Å²) in [6.07, 6.45) is 9.43. The molecule has 2 atom stereocenters. The molecular formula is C46H56N4O4. The molecule has 0 aliphatic heterocycles. The monoisotopic (exact) mass is 728 g/mol. The van der Waals surface area contributed by atoms with Crippen molar-refractivity contribution in [2.75, 3.05) is 0 Å². The van der Waals surface area contributed by atoms with Crippen molar-refractivity contribution in [3.63, 3.8) is 0 Å². The topological polar surface area (TPSA) is 87.2 Å². The molecule has 0 aliphatic carbocycles. The molecular weight excluding hydrogens is 673 g/mol. The SMILES string of the molecule is CCCCC(CC)Cn1c2ccc(/C(C)=N/OC(C)=O)cc2c2c3c(ccc21)ccc1c3c2cc(/C(C)=N/OC(C)=O)ccc2n1CC(CC)CCCC. The van der Waals surface area contributed by atoms with E-state index in [-0.39, 0.29) is 0 Å². The maximum Gasteiger partial charge on any atom is 0.331 e. The minimum atomic E-state index is -0.443. The number of fused-ring (bicyclic) bond motifs is 9. The first-order valence-corrected chi connectivity index (χ1v) is 20.0. The highest BCUT2D eigenvalue weighted by Gasteiger charge is 2.23. The third kappa shape index (κ3) is 7.80. The summed E-state index contributed by atoms with van der Waals surface area (Å²) in [6.45, 7) is 17.5. The second-order valence-electron chi connectivity index (χ2n) is 15.1. The lowest BCUT2D eigenvalue weighted by Gasteiger charge is -2.18. The smallest absolute Gasteiger partial charge is 0.331 e. The predicted octanol–water partition coefficient (Wildman–Crippen LogP) is 12.1. The van der Waals surface area contributed by atoms with E-state index in [1.807, 2.05) is 13.8 Å². The Morgan fingerprint density at radius 2 is 0.981 bits per heavy atom. The predicted molar refractivity (Wildman–Crippen MR) is 225 cm³/mol. The van der Waals surface area contributed by atoms with Crippen LogP contribution in [0.2, 0.25) is 0 Å². The Labute approximate surface area is 319 Å². The van der Waals surface area contributed by atoms with Gasteiger partial charge in [-0.05, 0) is 91.4 Å². The molecule has 0 N–H and O–H groups in total. The van der Waals surface area contributed by atoms with Crippen LogP contribution >= 0.6 is 0 Å². The van der Waals surface area contributed by atoms with E-state index in [2.05, 4.69) is 108 Å². The molecule has 284 valence electrons. The van der Waals surface area contributed by atoms with Crippen molar-refractivity contribution in [1.29, 1.82) is 0 Å². The molecule has 0 saturated heterocycles. The Kier molecular flexibility index (Phi) is 12.2. The first-order valence-electron chi connectivity index (χ1n) is 20.0. The third-order valence-electron chi connectivity index (χ3n) is 11.3. The van der Waals surface area contributed by atoms with Crippen molar-refractivity contribution in [3.8, 4) is 0 Å². The molecule has 0 radical (unpaired) electrons. The number of hydrogen-bond donors (Lipinski definition) is 0. The van der Waals surface area contributed by atoms with Gasteiger partial charge in [-0.25, -0.2) is 9.59 Å². The lowest BCUT2D eigenvalue weighted by atomic mass is 9.97. The summed E-state index contributed by atoms with van der Waals surface area (Å²) in [5.74, 6) is 0.226. The summed E-state index contributed by atoms with van der Waals surface area (Å²) in [4.78, 5) is 33.5. The Bertz CT molecular complexity index is 2230. The van der Waals surface area contributed by atoms with Crippen molar-refractivity contribution >= 4 is 77.7 Å². The number of rotatable bonds is 16. The van der Waals surface area contributed by atoms with Gasteiger partial charge in [-0.2, -0.15) is 0 Å². The second kappa shape index (κ2) is 17.0. The number of benzene rings is 4. The van der Waals surface area contributed by atoms with Crippen LogP contribution in [-0.2, 0) is 32.4 Å². The van der Waals surface area contributed by atoms with E-state index in [0.717, 1.165) is 47.8 Å². The Balaban J connectivity index is 1.73. The van der Waals surface area contributed by atoms with Crippen LogP contribution in [0, 0.1) is 11.8 Å². The zero-order valence-electron chi connectivity index (χ0n) is 33.4. The maximum absolute atomic E-state index is 11.7. The molecule has 0 spiro atoms. The quantitative estimate of drug-likeness (QED) is 0.0564. The zero-order chi connectivity index (χ0) is 38.5. The number of carbonyl (C=O) groups excluding carboxylic acids is 2. The number of unbranched alkanes of at least 4 members (excludes halogenated alkanes) is 2. The fraction of sp³-hybridized carbons (Fsp3) is 0.435. The standard InChI is InChI=1S/C46H56N4O4/c1-9-13-15-33(11-3)27-49-40-21-19-36(29(5)47-53-31(7)51)25-38(40)45-42(49)23-17-35-18-24-43-46(44(35)45)39-26-37(30(6)48-54-32(8)52)20-22-41(39)50(43)28-34(12-4)16-14-10-2/h17-26,33-34H,9-16,27-28H2,1-8H3/b47-29+,48-30+. The minimum Gasteiger partial charge on any atom is -0.340 e. The number of hydrogen-bond acceptors (Lipinski definition) is 6. The maximum atomic E-state index is 11.7. The zero-order valence-corrected chi connectivity index (χ0v) is 33.4. The minimum absolute atomic E-state index is 0.443. The molecule has 0 fully saturated rings. The molecule has 6 aromatic rings. The Morgan fingerprint density at radius 1 is 0.574 bits per heavy atom. The summed E-state index contributed by atoms with van der Waals surface area (Å²) in [5, 5.41) is 15.5. The molecule has 0 amide bonds. The normalized spacial score (nSPS) is 13.8. The fourth-order valence-electron chi connectivity index (χ4n) is 8.16. The van der Waals surface area contributed by atoms with Gasteiger partial charge in [-0.1, -0.05) is 101 Å². The molecule has 2 unspecified atom stereocenters. The van der Waals surface area contributed by atoms with Crippen LogP contribution in [0.1, 0.15) is 118 Å². The van der Waals surface area contributed by atoms with Gasteiger partial charge in [-0.3, -0.25) is 0 Å². The molecule has 2 heterocycles. The second-order valence-corrected chi connectivity index (χ2v) is 15.1. The van der Waals surface area contributed by atoms with Crippen LogP contribution in [-0.4, -0.2) is 32.5 Å². The molecule has 2 aromatic heterocycles. The average molecular weight is 729 g/mol. The van der Waals surface area contributed by atoms with Crippen LogP contribution in [0.3, 0.4) is 0 Å². The molecule has 0 bridgehead atoms. The third-order valence-corrected chi connectivity index (χ3v) is 11.3. The summed E-state index contributed by atoms with van der Waals surface area (Å²) < 4.78 is 5.07. The first-order chi connectivity index (χ1) is 26.1. The first kappa shape index (κ1) is 38.7. The van der Waals surface area contributed by atoms with E-state index in [1.165, 1.54) is 96.0 Å². The highest BCUT2D eigenvalue weighted by Crippen LogP contribution is 2.43. The van der Waals surface area contributed by atoms with Crippen molar-refractivity contribution in [3.05, 3.63) is 71.8 Å². The number of nitrogens with zero attached hydrogens (tertiary/aromatic N) is 4. The van der Waals surface area contributed by atoms with E-state index < -0.39 is 11.9 Å². The molecule has 6 rings (SSSR count). The van der Waals surface area contributed by atoms with Gasteiger partial charge in [0.15, 0.2) is 0 Å². The van der Waals surface area contributed by atoms with Gasteiger partial charge in [-0.15, -0.1) is 0 Å². The largest absolute Gasteiger partial charge is 0.340 e. The van der Waals surface area contributed by atoms with Crippen molar-refractivity contribution in [2.45, 2.75) is 120 Å². The van der Waals surface area contributed by atoms with Crippen molar-refractivity contribution < 1.29 is 19.3 Å². The van der Waals surface area contributed by atoms with E-state index in [9.17, 15) is 9.59 Å². The van der Waals surface area contributed by atoms with Crippen LogP contribution in [0.25, 0.3) is 54.4 Å². The lowest BCUT2D eigenvalue weighted by Crippen LogP contribution is -2.10. The summed E-state index contributed by atoms with van der Waals surface area (Å²) in [5.41, 5.74) is 7.92. The van der Waals surface area contributed by atoms with Gasteiger partial charge in [0.25, 0.3) is 0 Å². The molecule has 0 saturated carbocycles. The van der Waals surface area contributed by atoms with E-state index in [0.29, 0.717) is 23.3 Å². The fourth-order valence-corrected chi connectivity index (χ4v) is 8.16. The highest BCUT2D eigenvalue weighted by molar-refractivity contribution is 6.33. The van der Waals surface area contributed by atoms with Gasteiger partial charge in [0.2, 0.25) is 0 Å². The van der Waals surface area contributed by atoms with Crippen molar-refractivity contribution in [1.82, 2.24) is 9.13 Å². The molecule has 4 aromatic carbocycles. The summed E-state index contributed by atoms with van der Waals surface area (Å²) in [6, 6.07) is 22.2. The molecule has 54 heavy (non-hydrogen) atoms. The lowest BCUT2D eigenvalue weighted by molar-refractivity contribution is -0.141. The van der Waals surface area contributed by atoms with Gasteiger partial charge >= 0.3 is 11.9 Å². The van der Waals surface area contributed by atoms with Crippen LogP contribution in [0.5, 0.6) is 0 Å². The van der Waals surface area contributed by atoms with E-state index in [1.54, 1.807) is 0 Å². The molecule has 8 heteroatoms. The van der Waals surface area contributed by atoms with E-state index in [4.69, 9.17) is 9.68 Å².